The van der Waals surface area contributed by atoms with Gasteiger partial charge in [0.05, 0.1) is 5.25 Å². The van der Waals surface area contributed by atoms with Crippen LogP contribution >= 0.6 is 11.8 Å². The minimum atomic E-state index is -0.252. The first-order chi connectivity index (χ1) is 12.9. The Morgan fingerprint density at radius 1 is 1.15 bits per heavy atom. The largest absolute Gasteiger partial charge is 0.347 e. The molecule has 5 nitrogen and oxygen atoms in total. The van der Waals surface area contributed by atoms with Gasteiger partial charge >= 0.3 is 0 Å². The van der Waals surface area contributed by atoms with Gasteiger partial charge in [0.15, 0.2) is 16.6 Å². The predicted octanol–water partition coefficient (Wildman–Crippen LogP) is 4.09. The molecule has 1 aliphatic heterocycles. The van der Waals surface area contributed by atoms with E-state index in [0.29, 0.717) is 0 Å². The number of nitrogens with zero attached hydrogens (tertiary/aromatic N) is 4. The molecule has 1 unspecified atom stereocenters. The second-order valence-corrected chi connectivity index (χ2v) is 8.61. The molecule has 0 saturated carbocycles. The van der Waals surface area contributed by atoms with Crippen LogP contribution in [0.1, 0.15) is 26.3 Å². The number of aromatic nitrogens is 3. The molecular formula is C21H22N4OS. The van der Waals surface area contributed by atoms with Crippen LogP contribution in [0.25, 0.3) is 5.65 Å². The van der Waals surface area contributed by atoms with Gasteiger partial charge in [0.1, 0.15) is 0 Å². The molecule has 3 heterocycles. The van der Waals surface area contributed by atoms with Crippen molar-refractivity contribution in [2.75, 3.05) is 11.9 Å². The predicted molar refractivity (Wildman–Crippen MR) is 109 cm³/mol. The molecule has 0 N–H and O–H groups in total. The molecular weight excluding hydrogens is 356 g/mol. The van der Waals surface area contributed by atoms with Crippen LogP contribution in [0, 0.1) is 0 Å². The van der Waals surface area contributed by atoms with Gasteiger partial charge in [-0.3, -0.25) is 9.20 Å². The van der Waals surface area contributed by atoms with E-state index in [0.717, 1.165) is 22.2 Å². The Balaban J connectivity index is 1.60. The van der Waals surface area contributed by atoms with Gasteiger partial charge in [-0.1, -0.05) is 49.9 Å². The van der Waals surface area contributed by atoms with E-state index in [1.807, 2.05) is 54.9 Å². The molecule has 0 spiro atoms. The Hall–Kier alpha value is -2.60. The normalized spacial score (nSPS) is 18.1. The van der Waals surface area contributed by atoms with Gasteiger partial charge in [-0.2, -0.15) is 0 Å². The average Bonchev–Trinajstić information content (AvgIpc) is 3.15. The minimum absolute atomic E-state index is 0.0791. The van der Waals surface area contributed by atoms with Crippen LogP contribution in [0.3, 0.4) is 0 Å². The van der Waals surface area contributed by atoms with Gasteiger partial charge in [-0.15, -0.1) is 10.2 Å². The molecule has 4 rings (SSSR count). The fraction of sp³-hybridized carbons (Fsp3) is 0.286. The summed E-state index contributed by atoms with van der Waals surface area (Å²) in [6, 6.07) is 14.1. The number of anilines is 1. The summed E-state index contributed by atoms with van der Waals surface area (Å²) in [5.41, 5.74) is 4.01. The Morgan fingerprint density at radius 3 is 2.67 bits per heavy atom. The molecule has 2 aromatic heterocycles. The third kappa shape index (κ3) is 2.94. The van der Waals surface area contributed by atoms with Crippen LogP contribution in [0.2, 0.25) is 0 Å². The Labute approximate surface area is 163 Å². The van der Waals surface area contributed by atoms with E-state index in [2.05, 4.69) is 41.1 Å². The van der Waals surface area contributed by atoms with Gasteiger partial charge < -0.3 is 4.90 Å². The molecule has 0 saturated heterocycles. The molecule has 27 heavy (non-hydrogen) atoms. The molecule has 0 amide bonds. The first-order valence-corrected chi connectivity index (χ1v) is 9.83. The van der Waals surface area contributed by atoms with Crippen LogP contribution in [0.15, 0.2) is 65.6 Å². The highest BCUT2D eigenvalue weighted by atomic mass is 32.2. The van der Waals surface area contributed by atoms with Crippen molar-refractivity contribution in [3.63, 3.8) is 0 Å². The SMILES string of the molecule is CC(Sc1nnc2ccccn12)C(=O)/C=C1\N(C)c2ccccc2C1(C)C. The fourth-order valence-corrected chi connectivity index (χ4v) is 4.48. The smallest absolute Gasteiger partial charge is 0.196 e. The number of hydrogen-bond donors (Lipinski definition) is 0. The van der Waals surface area contributed by atoms with Crippen molar-refractivity contribution in [3.05, 3.63) is 66.0 Å². The summed E-state index contributed by atoms with van der Waals surface area (Å²) < 4.78 is 1.91. The highest BCUT2D eigenvalue weighted by Gasteiger charge is 2.38. The third-order valence-corrected chi connectivity index (χ3v) is 6.26. The number of fused-ring (bicyclic) bond motifs is 2. The molecule has 1 aliphatic rings. The second-order valence-electron chi connectivity index (χ2n) is 7.30. The van der Waals surface area contributed by atoms with Gasteiger partial charge in [0.2, 0.25) is 0 Å². The fourth-order valence-electron chi connectivity index (χ4n) is 3.63. The highest BCUT2D eigenvalue weighted by Crippen LogP contribution is 2.46. The van der Waals surface area contributed by atoms with Crippen molar-refractivity contribution < 1.29 is 4.79 Å². The molecule has 1 aromatic carbocycles. The zero-order chi connectivity index (χ0) is 19.2. The molecule has 0 radical (unpaired) electrons. The van der Waals surface area contributed by atoms with Crippen LogP contribution in [-0.2, 0) is 10.2 Å². The molecule has 138 valence electrons. The maximum atomic E-state index is 13.0. The first-order valence-electron chi connectivity index (χ1n) is 8.95. The number of likely N-dealkylation sites (N-methyl/N-ethyl adjacent to an activating group) is 1. The molecule has 0 aliphatic carbocycles. The van der Waals surface area contributed by atoms with E-state index < -0.39 is 0 Å². The maximum absolute atomic E-state index is 13.0. The van der Waals surface area contributed by atoms with E-state index in [4.69, 9.17) is 0 Å². The van der Waals surface area contributed by atoms with Crippen LogP contribution < -0.4 is 4.90 Å². The topological polar surface area (TPSA) is 50.5 Å². The quantitative estimate of drug-likeness (QED) is 0.505. The first kappa shape index (κ1) is 17.8. The summed E-state index contributed by atoms with van der Waals surface area (Å²) >= 11 is 1.43. The molecule has 3 aromatic rings. The van der Waals surface area contributed by atoms with Crippen molar-refractivity contribution in [2.24, 2.45) is 0 Å². The number of benzene rings is 1. The monoisotopic (exact) mass is 378 g/mol. The zero-order valence-electron chi connectivity index (χ0n) is 15.9. The van der Waals surface area contributed by atoms with Crippen molar-refractivity contribution in [3.8, 4) is 0 Å². The van der Waals surface area contributed by atoms with Crippen LogP contribution in [-0.4, -0.2) is 32.7 Å². The molecule has 1 atom stereocenters. The van der Waals surface area contributed by atoms with Gasteiger partial charge in [0, 0.05) is 36.1 Å². The van der Waals surface area contributed by atoms with Crippen molar-refractivity contribution in [2.45, 2.75) is 36.6 Å². The van der Waals surface area contributed by atoms with Gasteiger partial charge in [-0.05, 0) is 30.7 Å². The summed E-state index contributed by atoms with van der Waals surface area (Å²) in [4.78, 5) is 15.1. The van der Waals surface area contributed by atoms with Crippen molar-refractivity contribution >= 4 is 28.9 Å². The average molecular weight is 379 g/mol. The minimum Gasteiger partial charge on any atom is -0.347 e. The number of ketones is 1. The molecule has 0 fully saturated rings. The number of hydrogen-bond acceptors (Lipinski definition) is 5. The van der Waals surface area contributed by atoms with Crippen molar-refractivity contribution in [1.82, 2.24) is 14.6 Å². The number of pyridine rings is 1. The lowest BCUT2D eigenvalue weighted by Gasteiger charge is -2.24. The number of thioether (sulfide) groups is 1. The van der Waals surface area contributed by atoms with E-state index in [1.54, 1.807) is 6.08 Å². The van der Waals surface area contributed by atoms with Gasteiger partial charge in [0.25, 0.3) is 0 Å². The zero-order valence-corrected chi connectivity index (χ0v) is 16.7. The standard InChI is InChI=1S/C21H22N4OS/c1-14(27-20-23-22-19-11-7-8-12-25(19)20)17(26)13-18-21(2,3)15-9-5-6-10-16(15)24(18)4/h5-14H,1-4H3/b18-13-. The summed E-state index contributed by atoms with van der Waals surface area (Å²) in [5.74, 6) is 0.0791. The summed E-state index contributed by atoms with van der Waals surface area (Å²) in [6.45, 7) is 6.25. The summed E-state index contributed by atoms with van der Waals surface area (Å²) in [5, 5.41) is 8.85. The number of carbonyl (C=O) groups excluding carboxylic acids is 1. The van der Waals surface area contributed by atoms with E-state index in [9.17, 15) is 4.79 Å². The molecule has 6 heteroatoms. The van der Waals surface area contributed by atoms with E-state index in [1.165, 1.54) is 17.3 Å². The lowest BCUT2D eigenvalue weighted by Crippen LogP contribution is -2.25. The maximum Gasteiger partial charge on any atom is 0.196 e. The van der Waals surface area contributed by atoms with E-state index in [-0.39, 0.29) is 16.4 Å². The summed E-state index contributed by atoms with van der Waals surface area (Å²) in [6.07, 6.45) is 3.71. The number of carbonyl (C=O) groups is 1. The van der Waals surface area contributed by atoms with E-state index >= 15 is 0 Å². The Morgan fingerprint density at radius 2 is 1.89 bits per heavy atom. The number of rotatable bonds is 4. The lowest BCUT2D eigenvalue weighted by molar-refractivity contribution is -0.114. The Kier molecular flexibility index (Phi) is 4.30. The number of para-hydroxylation sites is 1. The molecule has 0 bridgehead atoms. The van der Waals surface area contributed by atoms with Crippen LogP contribution in [0.4, 0.5) is 5.69 Å². The van der Waals surface area contributed by atoms with Crippen LogP contribution in [0.5, 0.6) is 0 Å². The highest BCUT2D eigenvalue weighted by molar-refractivity contribution is 8.00. The Bertz CT molecular complexity index is 1050. The van der Waals surface area contributed by atoms with Gasteiger partial charge in [-0.25, -0.2) is 0 Å². The number of allylic oxidation sites excluding steroid dienone is 2. The van der Waals surface area contributed by atoms with Crippen molar-refractivity contribution in [1.29, 1.82) is 0 Å². The lowest BCUT2D eigenvalue weighted by atomic mass is 9.83. The summed E-state index contributed by atoms with van der Waals surface area (Å²) in [7, 11) is 2.02. The second kappa shape index (κ2) is 6.53. The third-order valence-electron chi connectivity index (χ3n) is 5.18.